The van der Waals surface area contributed by atoms with Gasteiger partial charge in [-0.3, -0.25) is 11.3 Å². The SMILES string of the molecule is Cc1ccc(F)c(C(CSc2ccc(F)cc2)NN)c1F. The van der Waals surface area contributed by atoms with Crippen molar-refractivity contribution in [2.45, 2.75) is 17.9 Å². The van der Waals surface area contributed by atoms with E-state index in [2.05, 4.69) is 5.43 Å². The summed E-state index contributed by atoms with van der Waals surface area (Å²) in [5.41, 5.74) is 2.72. The van der Waals surface area contributed by atoms with Crippen LogP contribution in [-0.2, 0) is 0 Å². The molecule has 2 aromatic carbocycles. The average molecular weight is 312 g/mol. The number of hydrazine groups is 1. The maximum absolute atomic E-state index is 14.1. The van der Waals surface area contributed by atoms with Crippen LogP contribution in [0.25, 0.3) is 0 Å². The molecule has 0 aromatic heterocycles. The van der Waals surface area contributed by atoms with Crippen LogP contribution in [-0.4, -0.2) is 5.75 Å². The molecule has 0 aliphatic rings. The third-order valence-corrected chi connectivity index (χ3v) is 4.21. The van der Waals surface area contributed by atoms with E-state index in [1.165, 1.54) is 36.0 Å². The van der Waals surface area contributed by atoms with Gasteiger partial charge in [0.25, 0.3) is 0 Å². The van der Waals surface area contributed by atoms with Crippen LogP contribution < -0.4 is 11.3 Å². The first-order valence-electron chi connectivity index (χ1n) is 6.32. The number of halogens is 3. The Kier molecular flexibility index (Phi) is 5.27. The summed E-state index contributed by atoms with van der Waals surface area (Å²) in [5.74, 6) is 4.18. The van der Waals surface area contributed by atoms with Gasteiger partial charge in [-0.1, -0.05) is 6.07 Å². The molecule has 0 heterocycles. The van der Waals surface area contributed by atoms with E-state index < -0.39 is 17.7 Å². The lowest BCUT2D eigenvalue weighted by molar-refractivity contribution is 0.496. The van der Waals surface area contributed by atoms with Crippen molar-refractivity contribution in [2.75, 3.05) is 5.75 Å². The molecule has 2 nitrogen and oxygen atoms in total. The van der Waals surface area contributed by atoms with Crippen LogP contribution in [0.3, 0.4) is 0 Å². The molecule has 112 valence electrons. The number of hydrogen-bond donors (Lipinski definition) is 2. The monoisotopic (exact) mass is 312 g/mol. The van der Waals surface area contributed by atoms with Gasteiger partial charge < -0.3 is 0 Å². The Bertz CT molecular complexity index is 617. The topological polar surface area (TPSA) is 38.0 Å². The predicted molar refractivity (Wildman–Crippen MR) is 78.3 cm³/mol. The molecule has 0 radical (unpaired) electrons. The standard InChI is InChI=1S/C15H15F3N2S/c1-9-2-7-12(17)14(15(9)18)13(20-19)8-21-11-5-3-10(16)4-6-11/h2-7,13,20H,8,19H2,1H3. The highest BCUT2D eigenvalue weighted by Gasteiger charge is 2.20. The van der Waals surface area contributed by atoms with Crippen LogP contribution in [0.4, 0.5) is 13.2 Å². The van der Waals surface area contributed by atoms with E-state index in [4.69, 9.17) is 5.84 Å². The summed E-state index contributed by atoms with van der Waals surface area (Å²) in [6.07, 6.45) is 0. The van der Waals surface area contributed by atoms with Crippen molar-refractivity contribution in [3.63, 3.8) is 0 Å². The number of nitrogens with two attached hydrogens (primary N) is 1. The number of rotatable bonds is 5. The number of aryl methyl sites for hydroxylation is 1. The zero-order valence-corrected chi connectivity index (χ0v) is 12.2. The van der Waals surface area contributed by atoms with E-state index in [1.54, 1.807) is 19.1 Å². The molecule has 6 heteroatoms. The number of nitrogens with one attached hydrogen (secondary N) is 1. The molecule has 0 bridgehead atoms. The lowest BCUT2D eigenvalue weighted by atomic mass is 10.0. The summed E-state index contributed by atoms with van der Waals surface area (Å²) in [6.45, 7) is 1.57. The van der Waals surface area contributed by atoms with E-state index in [9.17, 15) is 13.2 Å². The fourth-order valence-electron chi connectivity index (χ4n) is 1.92. The largest absolute Gasteiger partial charge is 0.271 e. The molecule has 3 N–H and O–H groups in total. The van der Waals surface area contributed by atoms with E-state index in [0.29, 0.717) is 11.3 Å². The minimum Gasteiger partial charge on any atom is -0.271 e. The molecule has 2 rings (SSSR count). The van der Waals surface area contributed by atoms with Gasteiger partial charge in [0.15, 0.2) is 0 Å². The highest BCUT2D eigenvalue weighted by molar-refractivity contribution is 7.99. The van der Waals surface area contributed by atoms with Crippen molar-refractivity contribution >= 4 is 11.8 Å². The second-order valence-electron chi connectivity index (χ2n) is 4.58. The summed E-state index contributed by atoms with van der Waals surface area (Å²) < 4.78 is 40.8. The maximum Gasteiger partial charge on any atom is 0.133 e. The fourth-order valence-corrected chi connectivity index (χ4v) is 2.87. The molecule has 1 atom stereocenters. The van der Waals surface area contributed by atoms with Gasteiger partial charge in [-0.2, -0.15) is 0 Å². The third kappa shape index (κ3) is 3.78. The molecule has 0 saturated heterocycles. The Morgan fingerprint density at radius 1 is 1.10 bits per heavy atom. The van der Waals surface area contributed by atoms with Crippen molar-refractivity contribution in [1.29, 1.82) is 0 Å². The Morgan fingerprint density at radius 2 is 1.76 bits per heavy atom. The summed E-state index contributed by atoms with van der Waals surface area (Å²) in [4.78, 5) is 0.796. The molecular weight excluding hydrogens is 297 g/mol. The molecule has 0 aliphatic heterocycles. The van der Waals surface area contributed by atoms with Gasteiger partial charge in [-0.05, 0) is 42.8 Å². The van der Waals surface area contributed by atoms with Gasteiger partial charge in [0.2, 0.25) is 0 Å². The van der Waals surface area contributed by atoms with E-state index >= 15 is 0 Å². The van der Waals surface area contributed by atoms with Crippen molar-refractivity contribution < 1.29 is 13.2 Å². The Balaban J connectivity index is 2.17. The molecule has 0 fully saturated rings. The Labute approximate surface area is 125 Å². The smallest absolute Gasteiger partial charge is 0.133 e. The summed E-state index contributed by atoms with van der Waals surface area (Å²) in [5, 5.41) is 0. The lowest BCUT2D eigenvalue weighted by Gasteiger charge is -2.18. The molecular formula is C15H15F3N2S. The van der Waals surface area contributed by atoms with Crippen LogP contribution in [0.5, 0.6) is 0 Å². The lowest BCUT2D eigenvalue weighted by Crippen LogP contribution is -2.31. The van der Waals surface area contributed by atoms with Gasteiger partial charge in [-0.15, -0.1) is 11.8 Å². The van der Waals surface area contributed by atoms with Gasteiger partial charge >= 0.3 is 0 Å². The minimum absolute atomic E-state index is 0.0767. The molecule has 2 aromatic rings. The first-order valence-corrected chi connectivity index (χ1v) is 7.30. The summed E-state index contributed by atoms with van der Waals surface area (Å²) in [6, 6.07) is 7.81. The molecule has 1 unspecified atom stereocenters. The van der Waals surface area contributed by atoms with Crippen LogP contribution in [0.2, 0.25) is 0 Å². The zero-order chi connectivity index (χ0) is 15.4. The van der Waals surface area contributed by atoms with Crippen molar-refractivity contribution in [1.82, 2.24) is 5.43 Å². The van der Waals surface area contributed by atoms with Crippen molar-refractivity contribution in [3.05, 3.63) is 65.0 Å². The molecule has 0 saturated carbocycles. The Morgan fingerprint density at radius 3 is 2.38 bits per heavy atom. The summed E-state index contributed by atoms with van der Waals surface area (Å²) >= 11 is 1.34. The van der Waals surface area contributed by atoms with Crippen molar-refractivity contribution in [2.24, 2.45) is 5.84 Å². The van der Waals surface area contributed by atoms with E-state index in [1.807, 2.05) is 0 Å². The molecule has 0 aliphatic carbocycles. The fraction of sp³-hybridized carbons (Fsp3) is 0.200. The quantitative estimate of drug-likeness (QED) is 0.502. The van der Waals surface area contributed by atoms with Gasteiger partial charge in [0.05, 0.1) is 6.04 Å². The predicted octanol–water partition coefficient (Wildman–Crippen LogP) is 3.71. The molecule has 0 amide bonds. The second kappa shape index (κ2) is 6.98. The first kappa shape index (κ1) is 15.9. The highest BCUT2D eigenvalue weighted by atomic mass is 32.2. The summed E-state index contributed by atoms with van der Waals surface area (Å²) in [7, 11) is 0. The van der Waals surface area contributed by atoms with Gasteiger partial charge in [0.1, 0.15) is 17.5 Å². The Hall–Kier alpha value is -1.50. The molecule has 21 heavy (non-hydrogen) atoms. The van der Waals surface area contributed by atoms with E-state index in [0.717, 1.165) is 4.90 Å². The third-order valence-electron chi connectivity index (χ3n) is 3.10. The van der Waals surface area contributed by atoms with Crippen molar-refractivity contribution in [3.8, 4) is 0 Å². The molecule has 0 spiro atoms. The number of benzene rings is 2. The van der Waals surface area contributed by atoms with E-state index in [-0.39, 0.29) is 11.4 Å². The minimum atomic E-state index is -0.681. The zero-order valence-electron chi connectivity index (χ0n) is 11.4. The van der Waals surface area contributed by atoms with Gasteiger partial charge in [0, 0.05) is 16.2 Å². The second-order valence-corrected chi connectivity index (χ2v) is 5.67. The highest BCUT2D eigenvalue weighted by Crippen LogP contribution is 2.28. The normalized spacial score (nSPS) is 12.4. The van der Waals surface area contributed by atoms with Crippen LogP contribution in [0.1, 0.15) is 17.2 Å². The number of hydrogen-bond acceptors (Lipinski definition) is 3. The number of thioether (sulfide) groups is 1. The van der Waals surface area contributed by atoms with Gasteiger partial charge in [-0.25, -0.2) is 13.2 Å². The van der Waals surface area contributed by atoms with Crippen LogP contribution in [0.15, 0.2) is 41.3 Å². The average Bonchev–Trinajstić information content (AvgIpc) is 2.48. The van der Waals surface area contributed by atoms with Crippen LogP contribution >= 0.6 is 11.8 Å². The van der Waals surface area contributed by atoms with Crippen LogP contribution in [0, 0.1) is 24.4 Å². The maximum atomic E-state index is 14.1. The first-order chi connectivity index (χ1) is 10.0.